The molecule has 0 fully saturated rings. The molecule has 0 atom stereocenters. The first-order valence-corrected chi connectivity index (χ1v) is 8.28. The summed E-state index contributed by atoms with van der Waals surface area (Å²) in [4.78, 5) is 14.4. The van der Waals surface area contributed by atoms with E-state index in [2.05, 4.69) is 5.16 Å². The summed E-state index contributed by atoms with van der Waals surface area (Å²) in [6, 6.07) is 13.1. The molecule has 0 saturated carbocycles. The molecular weight excluding hydrogens is 343 g/mol. The van der Waals surface area contributed by atoms with Gasteiger partial charge in [-0.05, 0) is 42.8 Å². The van der Waals surface area contributed by atoms with Crippen LogP contribution in [-0.4, -0.2) is 22.5 Å². The maximum Gasteiger partial charge on any atom is 0.255 e. The lowest BCUT2D eigenvalue weighted by Gasteiger charge is -2.26. The monoisotopic (exact) mass is 356 g/mol. The first kappa shape index (κ1) is 15.8. The predicted molar refractivity (Wildman–Crippen MR) is 91.8 cm³/mol. The Labute approximate surface area is 148 Å². The molecule has 0 bridgehead atoms. The molecule has 2 aromatic carbocycles. The average molecular weight is 357 g/mol. The van der Waals surface area contributed by atoms with Crippen LogP contribution < -0.4 is 0 Å². The van der Waals surface area contributed by atoms with Gasteiger partial charge in [0.2, 0.25) is 0 Å². The van der Waals surface area contributed by atoms with E-state index in [0.29, 0.717) is 35.9 Å². The lowest BCUT2D eigenvalue weighted by molar-refractivity contribution is 0.0731. The molecule has 6 heteroatoms. The van der Waals surface area contributed by atoms with Crippen molar-refractivity contribution in [2.24, 2.45) is 0 Å². The van der Waals surface area contributed by atoms with Gasteiger partial charge in [0.25, 0.3) is 5.91 Å². The third-order valence-electron chi connectivity index (χ3n) is 4.34. The van der Waals surface area contributed by atoms with Gasteiger partial charge in [0.05, 0.1) is 17.1 Å². The van der Waals surface area contributed by atoms with Gasteiger partial charge in [-0.3, -0.25) is 4.79 Å². The Morgan fingerprint density at radius 3 is 2.68 bits per heavy atom. The van der Waals surface area contributed by atoms with Crippen molar-refractivity contribution < 1.29 is 13.7 Å². The Balaban J connectivity index is 1.60. The third kappa shape index (κ3) is 2.91. The van der Waals surface area contributed by atoms with Crippen LogP contribution in [0.5, 0.6) is 0 Å². The van der Waals surface area contributed by atoms with Gasteiger partial charge < -0.3 is 9.42 Å². The van der Waals surface area contributed by atoms with E-state index in [4.69, 9.17) is 16.1 Å². The number of nitrogens with zero attached hydrogens (tertiary/aromatic N) is 2. The Bertz CT molecular complexity index is 937. The van der Waals surface area contributed by atoms with Crippen LogP contribution >= 0.6 is 11.6 Å². The minimum atomic E-state index is -0.298. The normalized spacial score (nSPS) is 13.6. The van der Waals surface area contributed by atoms with E-state index in [1.807, 2.05) is 0 Å². The fourth-order valence-electron chi connectivity index (χ4n) is 3.04. The summed E-state index contributed by atoms with van der Waals surface area (Å²) in [6.45, 7) is 0.913. The van der Waals surface area contributed by atoms with Crippen LogP contribution in [0.15, 0.2) is 53.1 Å². The highest BCUT2D eigenvalue weighted by Crippen LogP contribution is 2.31. The van der Waals surface area contributed by atoms with E-state index in [1.54, 1.807) is 41.3 Å². The van der Waals surface area contributed by atoms with Gasteiger partial charge >= 0.3 is 0 Å². The number of fused-ring (bicyclic) bond motifs is 1. The number of hydrogen-bond donors (Lipinski definition) is 0. The van der Waals surface area contributed by atoms with Crippen molar-refractivity contribution in [1.29, 1.82) is 0 Å². The van der Waals surface area contributed by atoms with Crippen molar-refractivity contribution in [3.63, 3.8) is 0 Å². The fourth-order valence-corrected chi connectivity index (χ4v) is 3.25. The second kappa shape index (κ2) is 6.33. The summed E-state index contributed by atoms with van der Waals surface area (Å²) in [6.07, 6.45) is 0.627. The standard InChI is InChI=1S/C19H14ClFN2O2/c20-16-4-2-1-3-14(16)19(24)23-10-9-15-17(11-23)22-25-18(15)12-5-7-13(21)8-6-12/h1-8H,9-11H2. The molecule has 0 aliphatic carbocycles. The molecule has 1 amide bonds. The van der Waals surface area contributed by atoms with Crippen molar-refractivity contribution in [3.05, 3.63) is 76.2 Å². The maximum absolute atomic E-state index is 13.1. The van der Waals surface area contributed by atoms with Crippen molar-refractivity contribution in [1.82, 2.24) is 10.1 Å². The van der Waals surface area contributed by atoms with Crippen LogP contribution in [0, 0.1) is 5.82 Å². The van der Waals surface area contributed by atoms with Crippen LogP contribution in [0.3, 0.4) is 0 Å². The number of amides is 1. The van der Waals surface area contributed by atoms with Crippen LogP contribution in [-0.2, 0) is 13.0 Å². The van der Waals surface area contributed by atoms with E-state index >= 15 is 0 Å². The number of rotatable bonds is 2. The van der Waals surface area contributed by atoms with Crippen molar-refractivity contribution in [2.45, 2.75) is 13.0 Å². The molecule has 2 heterocycles. The van der Waals surface area contributed by atoms with E-state index < -0.39 is 0 Å². The van der Waals surface area contributed by atoms with Gasteiger partial charge in [0.1, 0.15) is 11.5 Å². The number of halogens is 2. The zero-order valence-electron chi connectivity index (χ0n) is 13.2. The topological polar surface area (TPSA) is 46.3 Å². The molecule has 1 aliphatic heterocycles. The molecule has 4 rings (SSSR count). The van der Waals surface area contributed by atoms with Crippen molar-refractivity contribution in [2.75, 3.05) is 6.54 Å². The van der Waals surface area contributed by atoms with Gasteiger partial charge in [-0.25, -0.2) is 4.39 Å². The summed E-state index contributed by atoms with van der Waals surface area (Å²) >= 11 is 6.12. The van der Waals surface area contributed by atoms with E-state index in [0.717, 1.165) is 16.8 Å². The molecule has 0 unspecified atom stereocenters. The van der Waals surface area contributed by atoms with Crippen molar-refractivity contribution >= 4 is 17.5 Å². The molecule has 0 spiro atoms. The lowest BCUT2D eigenvalue weighted by Crippen LogP contribution is -2.36. The van der Waals surface area contributed by atoms with Crippen LogP contribution in [0.1, 0.15) is 21.6 Å². The molecule has 0 radical (unpaired) electrons. The molecule has 1 aliphatic rings. The minimum Gasteiger partial charge on any atom is -0.356 e. The van der Waals surface area contributed by atoms with Crippen molar-refractivity contribution in [3.8, 4) is 11.3 Å². The predicted octanol–water partition coefficient (Wildman–Crippen LogP) is 4.33. The number of benzene rings is 2. The summed E-state index contributed by atoms with van der Waals surface area (Å²) in [5.74, 6) is 0.219. The van der Waals surface area contributed by atoms with Gasteiger partial charge in [-0.1, -0.05) is 28.9 Å². The molecular formula is C19H14ClFN2O2. The molecule has 0 N–H and O–H groups in total. The van der Waals surface area contributed by atoms with E-state index in [1.165, 1.54) is 12.1 Å². The van der Waals surface area contributed by atoms with Gasteiger partial charge in [0, 0.05) is 17.7 Å². The van der Waals surface area contributed by atoms with Crippen LogP contribution in [0.4, 0.5) is 4.39 Å². The first-order valence-electron chi connectivity index (χ1n) is 7.90. The summed E-state index contributed by atoms with van der Waals surface area (Å²) < 4.78 is 18.6. The SMILES string of the molecule is O=C(c1ccccc1Cl)N1CCc2c(noc2-c2ccc(F)cc2)C1. The third-order valence-corrected chi connectivity index (χ3v) is 4.67. The molecule has 0 saturated heterocycles. The highest BCUT2D eigenvalue weighted by atomic mass is 35.5. The Morgan fingerprint density at radius 1 is 1.16 bits per heavy atom. The first-order chi connectivity index (χ1) is 12.1. The average Bonchev–Trinajstić information content (AvgIpc) is 3.05. The maximum atomic E-state index is 13.1. The number of carbonyl (C=O) groups is 1. The Hall–Kier alpha value is -2.66. The summed E-state index contributed by atoms with van der Waals surface area (Å²) in [5, 5.41) is 4.54. The molecule has 126 valence electrons. The largest absolute Gasteiger partial charge is 0.356 e. The minimum absolute atomic E-state index is 0.123. The molecule has 25 heavy (non-hydrogen) atoms. The zero-order chi connectivity index (χ0) is 17.4. The Kier molecular flexibility index (Phi) is 4.01. The lowest BCUT2D eigenvalue weighted by atomic mass is 10.00. The molecule has 1 aromatic heterocycles. The molecule has 3 aromatic rings. The molecule has 4 nitrogen and oxygen atoms in total. The van der Waals surface area contributed by atoms with Crippen LogP contribution in [0.2, 0.25) is 5.02 Å². The van der Waals surface area contributed by atoms with Gasteiger partial charge in [-0.2, -0.15) is 0 Å². The van der Waals surface area contributed by atoms with Gasteiger partial charge in [-0.15, -0.1) is 0 Å². The number of carbonyl (C=O) groups excluding carboxylic acids is 1. The smallest absolute Gasteiger partial charge is 0.255 e. The second-order valence-electron chi connectivity index (χ2n) is 5.90. The quantitative estimate of drug-likeness (QED) is 0.686. The number of hydrogen-bond acceptors (Lipinski definition) is 3. The highest BCUT2D eigenvalue weighted by Gasteiger charge is 2.28. The summed E-state index contributed by atoms with van der Waals surface area (Å²) in [7, 11) is 0. The van der Waals surface area contributed by atoms with E-state index in [9.17, 15) is 9.18 Å². The van der Waals surface area contributed by atoms with Gasteiger partial charge in [0.15, 0.2) is 5.76 Å². The summed E-state index contributed by atoms with van der Waals surface area (Å²) in [5.41, 5.74) is 2.96. The zero-order valence-corrected chi connectivity index (χ0v) is 14.0. The number of aromatic nitrogens is 1. The fraction of sp³-hybridized carbons (Fsp3) is 0.158. The van der Waals surface area contributed by atoms with Crippen LogP contribution in [0.25, 0.3) is 11.3 Å². The van der Waals surface area contributed by atoms with E-state index in [-0.39, 0.29) is 11.7 Å². The Morgan fingerprint density at radius 2 is 1.92 bits per heavy atom. The highest BCUT2D eigenvalue weighted by molar-refractivity contribution is 6.33. The second-order valence-corrected chi connectivity index (χ2v) is 6.31.